The molecular weight excluding hydrogens is 278 g/mol. The van der Waals surface area contributed by atoms with Crippen LogP contribution in [0.4, 0.5) is 0 Å². The van der Waals surface area contributed by atoms with E-state index in [1.54, 1.807) is 13.0 Å². The van der Waals surface area contributed by atoms with Gasteiger partial charge in [0, 0.05) is 12.3 Å². The molecule has 0 radical (unpaired) electrons. The third-order valence-corrected chi connectivity index (χ3v) is 4.80. The van der Waals surface area contributed by atoms with Gasteiger partial charge in [0.15, 0.2) is 6.29 Å². The first-order chi connectivity index (χ1) is 10.0. The summed E-state index contributed by atoms with van der Waals surface area (Å²) >= 11 is 0. The second kappa shape index (κ2) is 5.92. The molecule has 0 amide bonds. The number of nitrogens with one attached hydrogen (secondary N) is 1. The Morgan fingerprint density at radius 2 is 2.05 bits per heavy atom. The summed E-state index contributed by atoms with van der Waals surface area (Å²) in [5, 5.41) is 43.0. The summed E-state index contributed by atoms with van der Waals surface area (Å²) in [7, 11) is 0. The van der Waals surface area contributed by atoms with Gasteiger partial charge < -0.3 is 35.2 Å². The van der Waals surface area contributed by atoms with Gasteiger partial charge >= 0.3 is 0 Å². The van der Waals surface area contributed by atoms with Crippen molar-refractivity contribution in [1.82, 2.24) is 5.32 Å². The van der Waals surface area contributed by atoms with E-state index in [1.807, 2.05) is 0 Å². The van der Waals surface area contributed by atoms with E-state index in [-0.39, 0.29) is 31.0 Å². The average molecular weight is 301 g/mol. The lowest BCUT2D eigenvalue weighted by Crippen LogP contribution is -2.61. The van der Waals surface area contributed by atoms with Crippen LogP contribution in [0, 0.1) is 5.92 Å². The molecule has 2 fully saturated rings. The maximum atomic E-state index is 10.2. The first kappa shape index (κ1) is 15.4. The molecule has 8 atom stereocenters. The molecule has 0 spiro atoms. The SMILES string of the molecule is CC1C(CO)=CC(NC2C(O)CC3OCC2O3)C(O)C1O. The lowest BCUT2D eigenvalue weighted by Gasteiger charge is -2.40. The van der Waals surface area contributed by atoms with Crippen LogP contribution in [-0.2, 0) is 9.47 Å². The maximum Gasteiger partial charge on any atom is 0.160 e. The van der Waals surface area contributed by atoms with Gasteiger partial charge in [-0.3, -0.25) is 0 Å². The zero-order valence-electron chi connectivity index (χ0n) is 11.9. The van der Waals surface area contributed by atoms with Gasteiger partial charge in [-0.05, 0) is 5.57 Å². The molecule has 2 aliphatic heterocycles. The van der Waals surface area contributed by atoms with E-state index in [2.05, 4.69) is 5.32 Å². The van der Waals surface area contributed by atoms with Gasteiger partial charge in [0.05, 0.1) is 43.6 Å². The molecule has 0 aromatic heterocycles. The Kier molecular flexibility index (Phi) is 4.33. The van der Waals surface area contributed by atoms with Crippen LogP contribution in [0.2, 0.25) is 0 Å². The predicted octanol–water partition coefficient (Wildman–Crippen LogP) is -1.89. The van der Waals surface area contributed by atoms with Crippen LogP contribution < -0.4 is 5.32 Å². The van der Waals surface area contributed by atoms with Crippen LogP contribution in [0.15, 0.2) is 11.6 Å². The molecule has 2 saturated heterocycles. The summed E-state index contributed by atoms with van der Waals surface area (Å²) in [6.07, 6.45) is -1.09. The monoisotopic (exact) mass is 301 g/mol. The topological polar surface area (TPSA) is 111 Å². The third kappa shape index (κ3) is 2.75. The third-order valence-electron chi connectivity index (χ3n) is 4.80. The molecule has 8 unspecified atom stereocenters. The van der Waals surface area contributed by atoms with Crippen LogP contribution in [0.3, 0.4) is 0 Å². The molecule has 2 bridgehead atoms. The second-order valence-electron chi connectivity index (χ2n) is 6.13. The summed E-state index contributed by atoms with van der Waals surface area (Å²) in [6, 6.07) is -0.918. The van der Waals surface area contributed by atoms with Gasteiger partial charge in [-0.1, -0.05) is 13.0 Å². The molecule has 0 saturated carbocycles. The van der Waals surface area contributed by atoms with Gasteiger partial charge in [-0.25, -0.2) is 0 Å². The first-order valence-corrected chi connectivity index (χ1v) is 7.40. The Labute approximate surface area is 123 Å². The molecule has 2 heterocycles. The first-order valence-electron chi connectivity index (χ1n) is 7.40. The predicted molar refractivity (Wildman–Crippen MR) is 72.3 cm³/mol. The van der Waals surface area contributed by atoms with Crippen LogP contribution >= 0.6 is 0 Å². The lowest BCUT2D eigenvalue weighted by molar-refractivity contribution is -0.133. The van der Waals surface area contributed by atoms with Gasteiger partial charge in [-0.2, -0.15) is 0 Å². The molecule has 21 heavy (non-hydrogen) atoms. The summed E-state index contributed by atoms with van der Waals surface area (Å²) < 4.78 is 11.0. The van der Waals surface area contributed by atoms with Gasteiger partial charge in [0.25, 0.3) is 0 Å². The van der Waals surface area contributed by atoms with E-state index in [9.17, 15) is 20.4 Å². The minimum atomic E-state index is -0.998. The van der Waals surface area contributed by atoms with E-state index in [1.165, 1.54) is 0 Å². The zero-order chi connectivity index (χ0) is 15.1. The summed E-state index contributed by atoms with van der Waals surface area (Å²) in [5.41, 5.74) is 0.678. The number of hydrogen-bond donors (Lipinski definition) is 5. The van der Waals surface area contributed by atoms with Crippen LogP contribution in [0.5, 0.6) is 0 Å². The van der Waals surface area contributed by atoms with E-state index < -0.39 is 24.4 Å². The molecular formula is C14H23NO6. The van der Waals surface area contributed by atoms with Crippen molar-refractivity contribution >= 4 is 0 Å². The molecule has 0 aromatic carbocycles. The number of aliphatic hydroxyl groups is 4. The highest BCUT2D eigenvalue weighted by atomic mass is 16.7. The zero-order valence-corrected chi connectivity index (χ0v) is 11.9. The lowest BCUT2D eigenvalue weighted by atomic mass is 9.82. The number of aliphatic hydroxyl groups excluding tert-OH is 4. The minimum Gasteiger partial charge on any atom is -0.392 e. The fraction of sp³-hybridized carbons (Fsp3) is 0.857. The highest BCUT2D eigenvalue weighted by molar-refractivity contribution is 5.20. The van der Waals surface area contributed by atoms with Gasteiger partial charge in [-0.15, -0.1) is 0 Å². The minimum absolute atomic E-state index is 0.165. The molecule has 3 rings (SSSR count). The fourth-order valence-electron chi connectivity index (χ4n) is 3.37. The van der Waals surface area contributed by atoms with Crippen molar-refractivity contribution < 1.29 is 29.9 Å². The van der Waals surface area contributed by atoms with Crippen molar-refractivity contribution in [2.45, 2.75) is 56.1 Å². The van der Waals surface area contributed by atoms with E-state index in [4.69, 9.17) is 9.47 Å². The maximum absolute atomic E-state index is 10.2. The number of rotatable bonds is 3. The number of ether oxygens (including phenoxy) is 2. The van der Waals surface area contributed by atoms with Crippen LogP contribution in [-0.4, -0.2) is 76.4 Å². The molecule has 7 heteroatoms. The van der Waals surface area contributed by atoms with Crippen molar-refractivity contribution in [3.63, 3.8) is 0 Å². The Bertz CT molecular complexity index is 416. The highest BCUT2D eigenvalue weighted by Gasteiger charge is 2.45. The Morgan fingerprint density at radius 3 is 2.76 bits per heavy atom. The molecule has 120 valence electrons. The van der Waals surface area contributed by atoms with Crippen molar-refractivity contribution in [3.05, 3.63) is 11.6 Å². The van der Waals surface area contributed by atoms with E-state index >= 15 is 0 Å². The molecule has 1 aliphatic carbocycles. The second-order valence-corrected chi connectivity index (χ2v) is 6.13. The van der Waals surface area contributed by atoms with Crippen molar-refractivity contribution in [1.29, 1.82) is 0 Å². The van der Waals surface area contributed by atoms with Crippen LogP contribution in [0.25, 0.3) is 0 Å². The summed E-state index contributed by atoms with van der Waals surface area (Å²) in [6.45, 7) is 2.00. The van der Waals surface area contributed by atoms with Crippen molar-refractivity contribution in [3.8, 4) is 0 Å². The van der Waals surface area contributed by atoms with E-state index in [0.29, 0.717) is 18.6 Å². The fourth-order valence-corrected chi connectivity index (χ4v) is 3.37. The Morgan fingerprint density at radius 1 is 1.29 bits per heavy atom. The quantitative estimate of drug-likeness (QED) is 0.388. The van der Waals surface area contributed by atoms with Gasteiger partial charge in [0.1, 0.15) is 6.10 Å². The molecule has 7 nitrogen and oxygen atoms in total. The summed E-state index contributed by atoms with van der Waals surface area (Å²) in [5.74, 6) is -0.297. The Hall–Kier alpha value is -0.540. The molecule has 5 N–H and O–H groups in total. The molecule has 0 aromatic rings. The number of fused-ring (bicyclic) bond motifs is 2. The smallest absolute Gasteiger partial charge is 0.160 e. The largest absolute Gasteiger partial charge is 0.392 e. The number of hydrogen-bond acceptors (Lipinski definition) is 7. The summed E-state index contributed by atoms with van der Waals surface area (Å²) in [4.78, 5) is 0. The normalized spacial score (nSPS) is 50.0. The van der Waals surface area contributed by atoms with Crippen molar-refractivity contribution in [2.24, 2.45) is 5.92 Å². The van der Waals surface area contributed by atoms with E-state index in [0.717, 1.165) is 0 Å². The molecule has 3 aliphatic rings. The van der Waals surface area contributed by atoms with Gasteiger partial charge in [0.2, 0.25) is 0 Å². The van der Waals surface area contributed by atoms with Crippen molar-refractivity contribution in [2.75, 3.05) is 13.2 Å². The highest BCUT2D eigenvalue weighted by Crippen LogP contribution is 2.30. The Balaban J connectivity index is 1.75. The average Bonchev–Trinajstić information content (AvgIpc) is 2.86. The standard InChI is InChI=1S/C14H23NO6/c1-6-7(4-16)2-8(14(19)13(6)18)15-12-9(17)3-11-20-5-10(12)21-11/h2,6,8-19H,3-5H2,1H3. The van der Waals surface area contributed by atoms with Crippen LogP contribution in [0.1, 0.15) is 13.3 Å².